The van der Waals surface area contributed by atoms with Crippen LogP contribution in [0.3, 0.4) is 0 Å². The molecule has 0 rings (SSSR count). The van der Waals surface area contributed by atoms with Crippen molar-refractivity contribution in [3.05, 3.63) is 23.8 Å². The molecular weight excluding hydrogens is 222 g/mol. The molecule has 0 heterocycles. The van der Waals surface area contributed by atoms with Crippen LogP contribution in [-0.2, 0) is 19.1 Å². The van der Waals surface area contributed by atoms with Gasteiger partial charge in [0.25, 0.3) is 0 Å². The first-order chi connectivity index (χ1) is 8.04. The summed E-state index contributed by atoms with van der Waals surface area (Å²) in [4.78, 5) is 22.5. The number of carbonyl (C=O) groups is 2. The molecule has 0 aromatic carbocycles. The molecule has 0 saturated carbocycles. The van der Waals surface area contributed by atoms with Gasteiger partial charge in [-0.25, -0.2) is 9.59 Å². The normalized spacial score (nSPS) is 13.5. The van der Waals surface area contributed by atoms with E-state index in [1.165, 1.54) is 19.3 Å². The van der Waals surface area contributed by atoms with Gasteiger partial charge in [0.1, 0.15) is 0 Å². The SMILES string of the molecule is CCOC(=O)C(C=CC(=O)OC)=CC(C)CN. The summed E-state index contributed by atoms with van der Waals surface area (Å²) in [6, 6.07) is 0. The Kier molecular flexibility index (Phi) is 7.71. The van der Waals surface area contributed by atoms with E-state index in [0.29, 0.717) is 12.1 Å². The van der Waals surface area contributed by atoms with Crippen LogP contribution in [0.5, 0.6) is 0 Å². The molecule has 5 nitrogen and oxygen atoms in total. The van der Waals surface area contributed by atoms with Gasteiger partial charge in [0.05, 0.1) is 19.3 Å². The van der Waals surface area contributed by atoms with E-state index in [1.807, 2.05) is 6.92 Å². The Balaban J connectivity index is 4.85. The minimum absolute atomic E-state index is 0.0247. The molecule has 0 saturated heterocycles. The highest BCUT2D eigenvalue weighted by molar-refractivity contribution is 5.94. The number of hydrogen-bond donors (Lipinski definition) is 1. The Labute approximate surface area is 101 Å². The van der Waals surface area contributed by atoms with Crippen molar-refractivity contribution >= 4 is 11.9 Å². The van der Waals surface area contributed by atoms with Crippen LogP contribution in [0, 0.1) is 5.92 Å². The summed E-state index contributed by atoms with van der Waals surface area (Å²) in [6.07, 6.45) is 4.21. The van der Waals surface area contributed by atoms with Gasteiger partial charge < -0.3 is 15.2 Å². The molecule has 1 atom stereocenters. The number of methoxy groups -OCH3 is 1. The zero-order chi connectivity index (χ0) is 13.3. The van der Waals surface area contributed by atoms with Gasteiger partial charge in [-0.15, -0.1) is 0 Å². The standard InChI is InChI=1S/C12H19NO4/c1-4-17-12(15)10(7-9(2)8-13)5-6-11(14)16-3/h5-7,9H,4,8,13H2,1-3H3. The lowest BCUT2D eigenvalue weighted by atomic mass is 10.1. The smallest absolute Gasteiger partial charge is 0.337 e. The van der Waals surface area contributed by atoms with Gasteiger partial charge in [-0.05, 0) is 25.5 Å². The summed E-state index contributed by atoms with van der Waals surface area (Å²) in [6.45, 7) is 4.27. The maximum Gasteiger partial charge on any atom is 0.337 e. The van der Waals surface area contributed by atoms with E-state index in [-0.39, 0.29) is 12.5 Å². The highest BCUT2D eigenvalue weighted by atomic mass is 16.5. The summed E-state index contributed by atoms with van der Waals surface area (Å²) in [5.74, 6) is -0.981. The molecule has 0 bridgehead atoms. The quantitative estimate of drug-likeness (QED) is 0.423. The zero-order valence-corrected chi connectivity index (χ0v) is 10.4. The first-order valence-electron chi connectivity index (χ1n) is 5.40. The third kappa shape index (κ3) is 6.52. The van der Waals surface area contributed by atoms with E-state index < -0.39 is 11.9 Å². The molecule has 0 aliphatic heterocycles. The van der Waals surface area contributed by atoms with Crippen molar-refractivity contribution < 1.29 is 19.1 Å². The highest BCUT2D eigenvalue weighted by Crippen LogP contribution is 2.06. The summed E-state index contributed by atoms with van der Waals surface area (Å²) in [7, 11) is 1.27. The Morgan fingerprint density at radius 3 is 2.47 bits per heavy atom. The molecule has 0 aliphatic rings. The molecule has 96 valence electrons. The second-order valence-electron chi connectivity index (χ2n) is 3.41. The van der Waals surface area contributed by atoms with E-state index in [9.17, 15) is 9.59 Å². The lowest BCUT2D eigenvalue weighted by Gasteiger charge is -2.06. The molecule has 0 aromatic heterocycles. The molecule has 17 heavy (non-hydrogen) atoms. The highest BCUT2D eigenvalue weighted by Gasteiger charge is 2.09. The lowest BCUT2D eigenvalue weighted by Crippen LogP contribution is -2.12. The Morgan fingerprint density at radius 2 is 2.00 bits per heavy atom. The van der Waals surface area contributed by atoms with Crippen molar-refractivity contribution in [3.8, 4) is 0 Å². The van der Waals surface area contributed by atoms with E-state index in [0.717, 1.165) is 0 Å². The largest absolute Gasteiger partial charge is 0.466 e. The number of hydrogen-bond acceptors (Lipinski definition) is 5. The summed E-state index contributed by atoms with van der Waals surface area (Å²) < 4.78 is 9.31. The third-order valence-electron chi connectivity index (χ3n) is 1.95. The van der Waals surface area contributed by atoms with Crippen LogP contribution in [0.15, 0.2) is 23.8 Å². The van der Waals surface area contributed by atoms with Gasteiger partial charge in [0.15, 0.2) is 0 Å². The minimum Gasteiger partial charge on any atom is -0.466 e. The van der Waals surface area contributed by atoms with E-state index >= 15 is 0 Å². The fourth-order valence-corrected chi connectivity index (χ4v) is 1.01. The van der Waals surface area contributed by atoms with Crippen LogP contribution in [-0.4, -0.2) is 32.2 Å². The summed E-state index contributed by atoms with van der Waals surface area (Å²) in [5.41, 5.74) is 5.77. The van der Waals surface area contributed by atoms with Gasteiger partial charge in [-0.2, -0.15) is 0 Å². The predicted molar refractivity (Wildman–Crippen MR) is 64.1 cm³/mol. The first-order valence-corrected chi connectivity index (χ1v) is 5.40. The summed E-state index contributed by atoms with van der Waals surface area (Å²) in [5, 5.41) is 0. The fraction of sp³-hybridized carbons (Fsp3) is 0.500. The number of rotatable bonds is 6. The number of nitrogens with two attached hydrogens (primary N) is 1. The van der Waals surface area contributed by atoms with Crippen molar-refractivity contribution in [1.29, 1.82) is 0 Å². The monoisotopic (exact) mass is 241 g/mol. The number of ether oxygens (including phenoxy) is 2. The Morgan fingerprint density at radius 1 is 1.35 bits per heavy atom. The average molecular weight is 241 g/mol. The van der Waals surface area contributed by atoms with Gasteiger partial charge in [0.2, 0.25) is 0 Å². The van der Waals surface area contributed by atoms with Crippen LogP contribution in [0.25, 0.3) is 0 Å². The third-order valence-corrected chi connectivity index (χ3v) is 1.95. The maximum absolute atomic E-state index is 11.6. The minimum atomic E-state index is -0.527. The molecule has 0 radical (unpaired) electrons. The Hall–Kier alpha value is -1.62. The first kappa shape index (κ1) is 15.4. The van der Waals surface area contributed by atoms with E-state index in [2.05, 4.69) is 4.74 Å². The molecule has 1 unspecified atom stereocenters. The molecule has 0 fully saturated rings. The van der Waals surface area contributed by atoms with Crippen molar-refractivity contribution in [2.24, 2.45) is 11.7 Å². The molecule has 2 N–H and O–H groups in total. The second kappa shape index (κ2) is 8.52. The Bertz CT molecular complexity index is 320. The maximum atomic E-state index is 11.6. The van der Waals surface area contributed by atoms with Crippen molar-refractivity contribution in [1.82, 2.24) is 0 Å². The predicted octanol–water partition coefficient (Wildman–Crippen LogP) is 0.800. The molecule has 5 heteroatoms. The zero-order valence-electron chi connectivity index (χ0n) is 10.4. The average Bonchev–Trinajstić information content (AvgIpc) is 2.33. The van der Waals surface area contributed by atoms with Gasteiger partial charge in [0, 0.05) is 6.08 Å². The van der Waals surface area contributed by atoms with Crippen LogP contribution in [0.2, 0.25) is 0 Å². The topological polar surface area (TPSA) is 78.6 Å². The molecular formula is C12H19NO4. The number of carbonyl (C=O) groups excluding carboxylic acids is 2. The van der Waals surface area contributed by atoms with E-state index in [4.69, 9.17) is 10.5 Å². The second-order valence-corrected chi connectivity index (χ2v) is 3.41. The van der Waals surface area contributed by atoms with Crippen LogP contribution < -0.4 is 5.73 Å². The van der Waals surface area contributed by atoms with Crippen molar-refractivity contribution in [3.63, 3.8) is 0 Å². The van der Waals surface area contributed by atoms with E-state index in [1.54, 1.807) is 13.0 Å². The van der Waals surface area contributed by atoms with Gasteiger partial charge >= 0.3 is 11.9 Å². The molecule has 0 aromatic rings. The summed E-state index contributed by atoms with van der Waals surface area (Å²) >= 11 is 0. The van der Waals surface area contributed by atoms with Crippen LogP contribution in [0.1, 0.15) is 13.8 Å². The van der Waals surface area contributed by atoms with Crippen molar-refractivity contribution in [2.75, 3.05) is 20.3 Å². The van der Waals surface area contributed by atoms with Gasteiger partial charge in [-0.1, -0.05) is 13.0 Å². The lowest BCUT2D eigenvalue weighted by molar-refractivity contribution is -0.138. The van der Waals surface area contributed by atoms with Crippen LogP contribution in [0.4, 0.5) is 0 Å². The fourth-order valence-electron chi connectivity index (χ4n) is 1.01. The molecule has 0 aliphatic carbocycles. The van der Waals surface area contributed by atoms with Crippen LogP contribution >= 0.6 is 0 Å². The number of esters is 2. The van der Waals surface area contributed by atoms with Gasteiger partial charge in [-0.3, -0.25) is 0 Å². The van der Waals surface area contributed by atoms with Crippen molar-refractivity contribution in [2.45, 2.75) is 13.8 Å². The molecule has 0 amide bonds. The molecule has 0 spiro atoms.